The van der Waals surface area contributed by atoms with E-state index in [-0.39, 0.29) is 12.7 Å². The predicted molar refractivity (Wildman–Crippen MR) is 89.2 cm³/mol. The van der Waals surface area contributed by atoms with Gasteiger partial charge in [-0.3, -0.25) is 0 Å². The van der Waals surface area contributed by atoms with Crippen LogP contribution in [0.25, 0.3) is 0 Å². The van der Waals surface area contributed by atoms with Crippen molar-refractivity contribution in [2.24, 2.45) is 0 Å². The average molecular weight is 308 g/mol. The van der Waals surface area contributed by atoms with E-state index in [2.05, 4.69) is 22.8 Å². The number of nitrogens with one attached hydrogen (secondary N) is 2. The number of aliphatic hydroxyl groups is 1. The fourth-order valence-electron chi connectivity index (χ4n) is 1.95. The second-order valence-electron chi connectivity index (χ2n) is 6.24. The lowest BCUT2D eigenvalue weighted by molar-refractivity contribution is 0.0528. The Labute approximate surface area is 133 Å². The van der Waals surface area contributed by atoms with Crippen LogP contribution in [0.3, 0.4) is 0 Å². The van der Waals surface area contributed by atoms with Crippen molar-refractivity contribution in [3.05, 3.63) is 29.8 Å². The van der Waals surface area contributed by atoms with Gasteiger partial charge >= 0.3 is 6.09 Å². The SMILES string of the molecule is CC(C)(C)OC(=O)NCCCNc1cccc(CCCO)c1. The number of alkyl carbamates (subject to hydrolysis) is 1. The Kier molecular flexibility index (Phi) is 7.74. The molecule has 0 aliphatic heterocycles. The number of aryl methyl sites for hydroxylation is 1. The second kappa shape index (κ2) is 9.30. The van der Waals surface area contributed by atoms with Crippen molar-refractivity contribution < 1.29 is 14.6 Å². The quantitative estimate of drug-likeness (QED) is 0.646. The Bertz CT molecular complexity index is 455. The van der Waals surface area contributed by atoms with E-state index in [1.165, 1.54) is 5.56 Å². The summed E-state index contributed by atoms with van der Waals surface area (Å²) in [5.74, 6) is 0. The van der Waals surface area contributed by atoms with Gasteiger partial charge in [0.25, 0.3) is 0 Å². The maximum Gasteiger partial charge on any atom is 0.407 e. The highest BCUT2D eigenvalue weighted by molar-refractivity contribution is 5.67. The van der Waals surface area contributed by atoms with Gasteiger partial charge in [-0.05, 0) is 57.7 Å². The van der Waals surface area contributed by atoms with Crippen LogP contribution in [-0.2, 0) is 11.2 Å². The van der Waals surface area contributed by atoms with Crippen molar-refractivity contribution >= 4 is 11.8 Å². The standard InChI is InChI=1S/C17H28N2O3/c1-17(2,3)22-16(21)19-11-6-10-18-15-9-4-7-14(13-15)8-5-12-20/h4,7,9,13,18,20H,5-6,8,10-12H2,1-3H3,(H,19,21). The highest BCUT2D eigenvalue weighted by Gasteiger charge is 2.15. The average Bonchev–Trinajstić information content (AvgIpc) is 2.43. The first-order chi connectivity index (χ1) is 10.4. The zero-order valence-corrected chi connectivity index (χ0v) is 13.8. The van der Waals surface area contributed by atoms with E-state index < -0.39 is 5.60 Å². The summed E-state index contributed by atoms with van der Waals surface area (Å²) in [6.45, 7) is 7.10. The molecule has 0 saturated heterocycles. The summed E-state index contributed by atoms with van der Waals surface area (Å²) in [4.78, 5) is 11.5. The third-order valence-corrected chi connectivity index (χ3v) is 2.90. The normalized spacial score (nSPS) is 11.1. The Morgan fingerprint density at radius 2 is 2.00 bits per heavy atom. The Balaban J connectivity index is 2.20. The summed E-state index contributed by atoms with van der Waals surface area (Å²) in [5.41, 5.74) is 1.82. The summed E-state index contributed by atoms with van der Waals surface area (Å²) >= 11 is 0. The molecule has 1 aromatic carbocycles. The number of carbonyl (C=O) groups excluding carboxylic acids is 1. The van der Waals surface area contributed by atoms with E-state index in [1.807, 2.05) is 32.9 Å². The lowest BCUT2D eigenvalue weighted by Crippen LogP contribution is -2.33. The van der Waals surface area contributed by atoms with Gasteiger partial charge in [-0.15, -0.1) is 0 Å². The minimum atomic E-state index is -0.461. The van der Waals surface area contributed by atoms with Crippen molar-refractivity contribution in [1.82, 2.24) is 5.32 Å². The molecule has 0 aromatic heterocycles. The molecular formula is C17H28N2O3. The molecule has 3 N–H and O–H groups in total. The number of ether oxygens (including phenoxy) is 1. The molecular weight excluding hydrogens is 280 g/mol. The van der Waals surface area contributed by atoms with Crippen LogP contribution < -0.4 is 10.6 Å². The van der Waals surface area contributed by atoms with Crippen LogP contribution in [-0.4, -0.2) is 36.5 Å². The molecule has 1 aromatic rings. The van der Waals surface area contributed by atoms with Crippen LogP contribution in [0.5, 0.6) is 0 Å². The molecule has 0 aliphatic carbocycles. The molecule has 0 aliphatic rings. The van der Waals surface area contributed by atoms with Crippen molar-refractivity contribution in [2.75, 3.05) is 25.0 Å². The van der Waals surface area contributed by atoms with Crippen LogP contribution in [0.2, 0.25) is 0 Å². The summed E-state index contributed by atoms with van der Waals surface area (Å²) in [6, 6.07) is 8.18. The molecule has 0 heterocycles. The molecule has 1 amide bonds. The van der Waals surface area contributed by atoms with Crippen LogP contribution >= 0.6 is 0 Å². The van der Waals surface area contributed by atoms with Gasteiger partial charge in [0.1, 0.15) is 5.60 Å². The van der Waals surface area contributed by atoms with Gasteiger partial charge in [-0.25, -0.2) is 4.79 Å². The molecule has 0 fully saturated rings. The minimum absolute atomic E-state index is 0.216. The maximum absolute atomic E-state index is 11.5. The Hall–Kier alpha value is -1.75. The summed E-state index contributed by atoms with van der Waals surface area (Å²) in [5, 5.41) is 14.9. The molecule has 0 saturated carbocycles. The van der Waals surface area contributed by atoms with Gasteiger partial charge in [0.2, 0.25) is 0 Å². The zero-order valence-electron chi connectivity index (χ0n) is 13.8. The third kappa shape index (κ3) is 8.52. The molecule has 1 rings (SSSR count). The van der Waals surface area contributed by atoms with Crippen LogP contribution in [0.1, 0.15) is 39.2 Å². The fourth-order valence-corrected chi connectivity index (χ4v) is 1.95. The van der Waals surface area contributed by atoms with Gasteiger partial charge in [0, 0.05) is 25.4 Å². The lowest BCUT2D eigenvalue weighted by atomic mass is 10.1. The molecule has 0 atom stereocenters. The monoisotopic (exact) mass is 308 g/mol. The first-order valence-corrected chi connectivity index (χ1v) is 7.81. The highest BCUT2D eigenvalue weighted by atomic mass is 16.6. The van der Waals surface area contributed by atoms with Gasteiger partial charge in [-0.2, -0.15) is 0 Å². The van der Waals surface area contributed by atoms with Gasteiger partial charge in [0.05, 0.1) is 0 Å². The van der Waals surface area contributed by atoms with Crippen molar-refractivity contribution in [3.63, 3.8) is 0 Å². The Morgan fingerprint density at radius 3 is 2.68 bits per heavy atom. The lowest BCUT2D eigenvalue weighted by Gasteiger charge is -2.19. The van der Waals surface area contributed by atoms with Gasteiger partial charge < -0.3 is 20.5 Å². The van der Waals surface area contributed by atoms with Crippen LogP contribution in [0.4, 0.5) is 10.5 Å². The number of benzene rings is 1. The maximum atomic E-state index is 11.5. The van der Waals surface area contributed by atoms with Crippen LogP contribution in [0.15, 0.2) is 24.3 Å². The van der Waals surface area contributed by atoms with E-state index in [9.17, 15) is 4.79 Å². The largest absolute Gasteiger partial charge is 0.444 e. The van der Waals surface area contributed by atoms with E-state index in [0.29, 0.717) is 6.54 Å². The minimum Gasteiger partial charge on any atom is -0.444 e. The molecule has 0 radical (unpaired) electrons. The fraction of sp³-hybridized carbons (Fsp3) is 0.588. The summed E-state index contributed by atoms with van der Waals surface area (Å²) < 4.78 is 5.16. The number of hydrogen-bond acceptors (Lipinski definition) is 4. The number of amides is 1. The first-order valence-electron chi connectivity index (χ1n) is 7.81. The smallest absolute Gasteiger partial charge is 0.407 e. The van der Waals surface area contributed by atoms with Crippen molar-refractivity contribution in [3.8, 4) is 0 Å². The van der Waals surface area contributed by atoms with Gasteiger partial charge in [0.15, 0.2) is 0 Å². The van der Waals surface area contributed by atoms with E-state index in [1.54, 1.807) is 0 Å². The molecule has 0 unspecified atom stereocenters. The first kappa shape index (κ1) is 18.3. The number of aliphatic hydroxyl groups excluding tert-OH is 1. The van der Waals surface area contributed by atoms with Crippen molar-refractivity contribution in [2.45, 2.75) is 45.6 Å². The molecule has 22 heavy (non-hydrogen) atoms. The topological polar surface area (TPSA) is 70.6 Å². The van der Waals surface area contributed by atoms with E-state index >= 15 is 0 Å². The van der Waals surface area contributed by atoms with Crippen LogP contribution in [0, 0.1) is 0 Å². The molecule has 124 valence electrons. The number of anilines is 1. The number of carbonyl (C=O) groups is 1. The summed E-state index contributed by atoms with van der Waals surface area (Å²) in [6.07, 6.45) is 2.11. The number of hydrogen-bond donors (Lipinski definition) is 3. The third-order valence-electron chi connectivity index (χ3n) is 2.90. The molecule has 5 heteroatoms. The van der Waals surface area contributed by atoms with Gasteiger partial charge in [-0.1, -0.05) is 12.1 Å². The van der Waals surface area contributed by atoms with Crippen molar-refractivity contribution in [1.29, 1.82) is 0 Å². The van der Waals surface area contributed by atoms with E-state index in [4.69, 9.17) is 9.84 Å². The highest BCUT2D eigenvalue weighted by Crippen LogP contribution is 2.12. The Morgan fingerprint density at radius 1 is 1.23 bits per heavy atom. The second-order valence-corrected chi connectivity index (χ2v) is 6.24. The van der Waals surface area contributed by atoms with E-state index in [0.717, 1.165) is 31.5 Å². The predicted octanol–water partition coefficient (Wildman–Crippen LogP) is 2.94. The number of rotatable bonds is 8. The zero-order chi connectivity index (χ0) is 16.4. The molecule has 0 bridgehead atoms. The molecule has 5 nitrogen and oxygen atoms in total. The summed E-state index contributed by atoms with van der Waals surface area (Å²) in [7, 11) is 0. The molecule has 0 spiro atoms.